The summed E-state index contributed by atoms with van der Waals surface area (Å²) >= 11 is 0. The molecule has 0 radical (unpaired) electrons. The number of esters is 1. The largest absolute Gasteiger partial charge is 0.466 e. The molecule has 0 spiro atoms. The van der Waals surface area contributed by atoms with Crippen molar-refractivity contribution < 1.29 is 49.3 Å². The first-order chi connectivity index (χ1) is 36.7. The molecule has 1 rings (SSSR count). The summed E-state index contributed by atoms with van der Waals surface area (Å²) in [5.74, 6) is -0.173. The Bertz CT molecular complexity index is 1250. The summed E-state index contributed by atoms with van der Waals surface area (Å²) in [7, 11) is 0. The van der Waals surface area contributed by atoms with E-state index in [4.69, 9.17) is 14.2 Å². The zero-order valence-corrected chi connectivity index (χ0v) is 49.0. The van der Waals surface area contributed by atoms with Crippen LogP contribution in [0.5, 0.6) is 0 Å². The van der Waals surface area contributed by atoms with Crippen LogP contribution >= 0.6 is 0 Å². The van der Waals surface area contributed by atoms with Crippen LogP contribution < -0.4 is 5.32 Å². The Morgan fingerprint density at radius 2 is 0.840 bits per heavy atom. The summed E-state index contributed by atoms with van der Waals surface area (Å²) in [5, 5.41) is 54.2. The first-order valence-electron chi connectivity index (χ1n) is 32.5. The van der Waals surface area contributed by atoms with E-state index >= 15 is 0 Å². The molecule has 1 amide bonds. The fourth-order valence-electron chi connectivity index (χ4n) is 10.5. The van der Waals surface area contributed by atoms with Crippen LogP contribution in [0.1, 0.15) is 322 Å². The number of carbonyl (C=O) groups is 2. The van der Waals surface area contributed by atoms with E-state index in [1.807, 2.05) is 6.08 Å². The van der Waals surface area contributed by atoms with Crippen molar-refractivity contribution in [3.05, 3.63) is 12.2 Å². The Kier molecular flexibility index (Phi) is 51.8. The van der Waals surface area contributed by atoms with Gasteiger partial charge in [0.15, 0.2) is 6.29 Å². The Labute approximate surface area is 461 Å². The molecule has 75 heavy (non-hydrogen) atoms. The minimum Gasteiger partial charge on any atom is -0.466 e. The molecule has 1 saturated heterocycles. The van der Waals surface area contributed by atoms with Crippen LogP contribution in [0, 0.1) is 0 Å². The molecule has 1 fully saturated rings. The zero-order chi connectivity index (χ0) is 54.5. The van der Waals surface area contributed by atoms with Crippen molar-refractivity contribution in [1.29, 1.82) is 0 Å². The number of carbonyl (C=O) groups excluding carboxylic acids is 2. The number of amides is 1. The summed E-state index contributed by atoms with van der Waals surface area (Å²) in [6.07, 6.45) is 54.8. The maximum Gasteiger partial charge on any atom is 0.305 e. The first-order valence-corrected chi connectivity index (χ1v) is 32.5. The van der Waals surface area contributed by atoms with Gasteiger partial charge in [0, 0.05) is 12.8 Å². The van der Waals surface area contributed by atoms with Crippen molar-refractivity contribution in [1.82, 2.24) is 5.32 Å². The maximum atomic E-state index is 13.0. The summed E-state index contributed by atoms with van der Waals surface area (Å²) in [4.78, 5) is 25.1. The SMILES string of the molecule is CCCCCCCCC/C=C/C(O)C(COC1OC(CO)C(O)C(O)C1O)NC(=O)CCCCCCCCCCCCCCCCCCCCCCCCCCCOC(=O)CCCCCCCCCCCCCCC. The molecule has 0 aromatic rings. The van der Waals surface area contributed by atoms with E-state index in [1.54, 1.807) is 6.08 Å². The number of hydrogen-bond acceptors (Lipinski definition) is 10. The molecule has 444 valence electrons. The quantitative estimate of drug-likeness (QED) is 0.0195. The minimum atomic E-state index is -1.57. The molecule has 11 heteroatoms. The Morgan fingerprint density at radius 1 is 0.480 bits per heavy atom. The average molecular weight is 1070 g/mol. The summed E-state index contributed by atoms with van der Waals surface area (Å²) in [5.41, 5.74) is 0. The average Bonchev–Trinajstić information content (AvgIpc) is 3.41. The van der Waals surface area contributed by atoms with E-state index in [0.717, 1.165) is 57.8 Å². The normalized spacial score (nSPS) is 18.7. The predicted octanol–water partition coefficient (Wildman–Crippen LogP) is 15.5. The lowest BCUT2D eigenvalue weighted by Crippen LogP contribution is -2.60. The highest BCUT2D eigenvalue weighted by Gasteiger charge is 2.44. The van der Waals surface area contributed by atoms with Gasteiger partial charge in [-0.05, 0) is 32.1 Å². The fourth-order valence-corrected chi connectivity index (χ4v) is 10.5. The van der Waals surface area contributed by atoms with Gasteiger partial charge in [0.05, 0.1) is 32.0 Å². The Morgan fingerprint density at radius 3 is 1.24 bits per heavy atom. The van der Waals surface area contributed by atoms with Gasteiger partial charge in [-0.25, -0.2) is 0 Å². The lowest BCUT2D eigenvalue weighted by molar-refractivity contribution is -0.302. The molecular formula is C64H123NO10. The molecule has 0 saturated carbocycles. The summed E-state index contributed by atoms with van der Waals surface area (Å²) in [6.45, 7) is 4.34. The molecule has 1 heterocycles. The number of nitrogens with one attached hydrogen (secondary N) is 1. The molecule has 0 aromatic heterocycles. The van der Waals surface area contributed by atoms with Crippen molar-refractivity contribution in [2.75, 3.05) is 19.8 Å². The van der Waals surface area contributed by atoms with Crippen LogP contribution in [0.4, 0.5) is 0 Å². The summed E-state index contributed by atoms with van der Waals surface area (Å²) < 4.78 is 16.7. The third-order valence-electron chi connectivity index (χ3n) is 15.7. The maximum absolute atomic E-state index is 13.0. The molecule has 7 unspecified atom stereocenters. The molecule has 6 N–H and O–H groups in total. The van der Waals surface area contributed by atoms with Gasteiger partial charge in [0.25, 0.3) is 0 Å². The van der Waals surface area contributed by atoms with Crippen LogP contribution in [0.3, 0.4) is 0 Å². The molecule has 11 nitrogen and oxygen atoms in total. The van der Waals surface area contributed by atoms with Crippen molar-refractivity contribution in [2.45, 2.75) is 365 Å². The van der Waals surface area contributed by atoms with Crippen LogP contribution in [-0.4, -0.2) is 100 Å². The number of unbranched alkanes of at least 4 members (excludes halogenated alkanes) is 43. The molecule has 7 atom stereocenters. The van der Waals surface area contributed by atoms with Crippen LogP contribution in [0.25, 0.3) is 0 Å². The van der Waals surface area contributed by atoms with Crippen LogP contribution in [0.2, 0.25) is 0 Å². The fraction of sp³-hybridized carbons (Fsp3) is 0.938. The van der Waals surface area contributed by atoms with Gasteiger partial charge in [-0.2, -0.15) is 0 Å². The molecule has 0 aromatic carbocycles. The third-order valence-corrected chi connectivity index (χ3v) is 15.7. The number of allylic oxidation sites excluding steroid dienone is 1. The second-order valence-corrected chi connectivity index (χ2v) is 22.8. The van der Waals surface area contributed by atoms with Crippen LogP contribution in [0.15, 0.2) is 12.2 Å². The van der Waals surface area contributed by atoms with Gasteiger partial charge >= 0.3 is 5.97 Å². The molecule has 1 aliphatic rings. The van der Waals surface area contributed by atoms with E-state index in [9.17, 15) is 35.1 Å². The van der Waals surface area contributed by atoms with E-state index in [-0.39, 0.29) is 18.5 Å². The smallest absolute Gasteiger partial charge is 0.305 e. The Balaban J connectivity index is 1.95. The highest BCUT2D eigenvalue weighted by Crippen LogP contribution is 2.23. The van der Waals surface area contributed by atoms with Gasteiger partial charge in [-0.15, -0.1) is 0 Å². The van der Waals surface area contributed by atoms with E-state index in [2.05, 4.69) is 19.2 Å². The second-order valence-electron chi connectivity index (χ2n) is 22.8. The van der Waals surface area contributed by atoms with E-state index < -0.39 is 49.5 Å². The van der Waals surface area contributed by atoms with Crippen molar-refractivity contribution in [2.24, 2.45) is 0 Å². The highest BCUT2D eigenvalue weighted by atomic mass is 16.7. The van der Waals surface area contributed by atoms with Crippen molar-refractivity contribution >= 4 is 11.9 Å². The zero-order valence-electron chi connectivity index (χ0n) is 49.0. The number of rotatable bonds is 57. The standard InChI is InChI=1S/C64H123NO10/c1-3-5-7-9-11-13-14-28-32-36-40-44-48-52-60(69)73-53-49-45-41-37-33-30-27-25-23-21-19-17-15-16-18-20-22-24-26-29-31-35-39-43-47-51-59(68)65-56(57(67)50-46-42-38-34-12-10-8-6-4-2)55-74-64-63(72)62(71)61(70)58(54-66)75-64/h46,50,56-58,61-64,66-67,70-72H,3-45,47-49,51-55H2,1-2H3,(H,65,68)/b50-46+. The summed E-state index contributed by atoms with van der Waals surface area (Å²) in [6, 6.07) is -0.806. The number of hydrogen-bond donors (Lipinski definition) is 6. The van der Waals surface area contributed by atoms with Gasteiger partial charge in [0.2, 0.25) is 5.91 Å². The van der Waals surface area contributed by atoms with Crippen LogP contribution in [-0.2, 0) is 23.8 Å². The van der Waals surface area contributed by atoms with Crippen molar-refractivity contribution in [3.63, 3.8) is 0 Å². The lowest BCUT2D eigenvalue weighted by atomic mass is 9.99. The minimum absolute atomic E-state index is 0.00786. The van der Waals surface area contributed by atoms with Gasteiger partial charge in [-0.1, -0.05) is 289 Å². The van der Waals surface area contributed by atoms with Gasteiger partial charge in [0.1, 0.15) is 24.4 Å². The number of aliphatic hydroxyl groups excluding tert-OH is 5. The van der Waals surface area contributed by atoms with Gasteiger partial charge < -0.3 is 45.1 Å². The molecule has 0 bridgehead atoms. The Hall–Kier alpha value is -1.60. The third kappa shape index (κ3) is 43.9. The number of aliphatic hydroxyl groups is 5. The highest BCUT2D eigenvalue weighted by molar-refractivity contribution is 5.76. The topological polar surface area (TPSA) is 175 Å². The molecule has 0 aliphatic carbocycles. The van der Waals surface area contributed by atoms with Gasteiger partial charge in [-0.3, -0.25) is 9.59 Å². The monoisotopic (exact) mass is 1070 g/mol. The van der Waals surface area contributed by atoms with E-state index in [1.165, 1.54) is 238 Å². The lowest BCUT2D eigenvalue weighted by Gasteiger charge is -2.40. The molecular weight excluding hydrogens is 943 g/mol. The van der Waals surface area contributed by atoms with Crippen molar-refractivity contribution in [3.8, 4) is 0 Å². The number of ether oxygens (including phenoxy) is 3. The first kappa shape index (κ1) is 71.4. The molecule has 1 aliphatic heterocycles. The second kappa shape index (κ2) is 54.4. The van der Waals surface area contributed by atoms with E-state index in [0.29, 0.717) is 19.4 Å². The predicted molar refractivity (Wildman–Crippen MR) is 311 cm³/mol.